The first-order valence-electron chi connectivity index (χ1n) is 9.06. The molecule has 2 aromatic carbocycles. The number of carboxylic acid groups (broad SMARTS) is 1. The third kappa shape index (κ3) is 4.52. The molecule has 0 bridgehead atoms. The molecule has 0 saturated carbocycles. The Morgan fingerprint density at radius 3 is 2.65 bits per heavy atom. The van der Waals surface area contributed by atoms with E-state index in [0.717, 1.165) is 30.8 Å². The largest absolute Gasteiger partial charge is 0.488 e. The number of carboxylic acids is 1. The highest BCUT2D eigenvalue weighted by atomic mass is 16.5. The SMILES string of the molecule is CN(CC/C=C1/c2ccccc2COc2ccccc21)CCCC(=O)O. The monoisotopic (exact) mass is 351 g/mol. The normalized spacial score (nSPS) is 14.5. The third-order valence-corrected chi connectivity index (χ3v) is 4.66. The van der Waals surface area contributed by atoms with Crippen LogP contribution in [0, 0.1) is 0 Å². The molecule has 1 heterocycles. The Bertz CT molecular complexity index is 748. The summed E-state index contributed by atoms with van der Waals surface area (Å²) in [4.78, 5) is 12.8. The minimum Gasteiger partial charge on any atom is -0.488 e. The van der Waals surface area contributed by atoms with Crippen LogP contribution in [-0.2, 0) is 11.4 Å². The fraction of sp³-hybridized carbons (Fsp3) is 0.318. The highest BCUT2D eigenvalue weighted by Crippen LogP contribution is 2.36. The smallest absolute Gasteiger partial charge is 0.303 e. The van der Waals surface area contributed by atoms with Gasteiger partial charge in [0.15, 0.2) is 0 Å². The Morgan fingerprint density at radius 1 is 1.12 bits per heavy atom. The van der Waals surface area contributed by atoms with Crippen molar-refractivity contribution < 1.29 is 14.6 Å². The van der Waals surface area contributed by atoms with Crippen LogP contribution in [0.15, 0.2) is 54.6 Å². The standard InChI is InChI=1S/C22H25NO3/c1-23(15-7-13-22(24)25)14-6-11-19-18-9-3-2-8-17(18)16-26-21-12-5-4-10-20(19)21/h2-5,8-12H,6-7,13-16H2,1H3,(H,24,25)/b19-11-. The van der Waals surface area contributed by atoms with E-state index in [1.165, 1.54) is 16.7 Å². The molecule has 1 aliphatic rings. The van der Waals surface area contributed by atoms with Crippen LogP contribution in [0.4, 0.5) is 0 Å². The lowest BCUT2D eigenvalue weighted by Crippen LogP contribution is -2.21. The number of benzene rings is 2. The first-order chi connectivity index (χ1) is 12.6. The van der Waals surface area contributed by atoms with Gasteiger partial charge < -0.3 is 14.7 Å². The average molecular weight is 351 g/mol. The van der Waals surface area contributed by atoms with Gasteiger partial charge in [-0.25, -0.2) is 0 Å². The lowest BCUT2D eigenvalue weighted by atomic mass is 9.93. The Morgan fingerprint density at radius 2 is 1.85 bits per heavy atom. The molecule has 0 atom stereocenters. The summed E-state index contributed by atoms with van der Waals surface area (Å²) in [5.41, 5.74) is 4.77. The quantitative estimate of drug-likeness (QED) is 0.812. The van der Waals surface area contributed by atoms with Crippen LogP contribution in [0.1, 0.15) is 36.0 Å². The zero-order chi connectivity index (χ0) is 18.4. The minimum absolute atomic E-state index is 0.226. The molecule has 0 radical (unpaired) electrons. The fourth-order valence-corrected chi connectivity index (χ4v) is 3.29. The zero-order valence-corrected chi connectivity index (χ0v) is 15.1. The summed E-state index contributed by atoms with van der Waals surface area (Å²) >= 11 is 0. The second-order valence-corrected chi connectivity index (χ2v) is 6.65. The fourth-order valence-electron chi connectivity index (χ4n) is 3.29. The van der Waals surface area contributed by atoms with Crippen LogP contribution in [-0.4, -0.2) is 36.1 Å². The van der Waals surface area contributed by atoms with Crippen LogP contribution >= 0.6 is 0 Å². The van der Waals surface area contributed by atoms with Crippen LogP contribution in [0.5, 0.6) is 5.75 Å². The van der Waals surface area contributed by atoms with Gasteiger partial charge in [-0.3, -0.25) is 4.79 Å². The highest BCUT2D eigenvalue weighted by Gasteiger charge is 2.18. The van der Waals surface area contributed by atoms with E-state index in [1.54, 1.807) is 0 Å². The number of carbonyl (C=O) groups is 1. The Kier molecular flexibility index (Phi) is 6.08. The molecule has 0 aromatic heterocycles. The molecule has 0 unspecified atom stereocenters. The Hall–Kier alpha value is -2.59. The van der Waals surface area contributed by atoms with Gasteiger partial charge in [0.05, 0.1) is 0 Å². The Labute approximate surface area is 154 Å². The molecule has 0 saturated heterocycles. The summed E-state index contributed by atoms with van der Waals surface area (Å²) in [6.45, 7) is 2.28. The maximum Gasteiger partial charge on any atom is 0.303 e. The number of ether oxygens (including phenoxy) is 1. The van der Waals surface area contributed by atoms with Gasteiger partial charge in [0.25, 0.3) is 0 Å². The van der Waals surface area contributed by atoms with Crippen molar-refractivity contribution in [3.05, 3.63) is 71.3 Å². The van der Waals surface area contributed by atoms with Crippen molar-refractivity contribution in [1.29, 1.82) is 0 Å². The van der Waals surface area contributed by atoms with Crippen molar-refractivity contribution in [1.82, 2.24) is 4.90 Å². The number of nitrogens with zero attached hydrogens (tertiary/aromatic N) is 1. The maximum atomic E-state index is 10.6. The third-order valence-electron chi connectivity index (χ3n) is 4.66. The van der Waals surface area contributed by atoms with Gasteiger partial charge in [0.2, 0.25) is 0 Å². The van der Waals surface area contributed by atoms with Gasteiger partial charge in [-0.1, -0.05) is 48.5 Å². The van der Waals surface area contributed by atoms with Crippen molar-refractivity contribution >= 4 is 11.5 Å². The number of para-hydroxylation sites is 1. The van der Waals surface area contributed by atoms with Gasteiger partial charge in [0, 0.05) is 18.5 Å². The van der Waals surface area contributed by atoms with Gasteiger partial charge in [-0.15, -0.1) is 0 Å². The molecule has 1 aliphatic heterocycles. The second-order valence-electron chi connectivity index (χ2n) is 6.65. The topological polar surface area (TPSA) is 49.8 Å². The summed E-state index contributed by atoms with van der Waals surface area (Å²) in [5, 5.41) is 8.75. The molecule has 4 nitrogen and oxygen atoms in total. The number of hydrogen-bond donors (Lipinski definition) is 1. The Balaban J connectivity index is 1.75. The van der Waals surface area contributed by atoms with Crippen molar-refractivity contribution in [2.45, 2.75) is 25.9 Å². The molecule has 3 rings (SSSR count). The van der Waals surface area contributed by atoms with Crippen LogP contribution < -0.4 is 4.74 Å². The molecule has 2 aromatic rings. The predicted molar refractivity (Wildman–Crippen MR) is 103 cm³/mol. The number of aliphatic carboxylic acids is 1. The molecule has 1 N–H and O–H groups in total. The van der Waals surface area contributed by atoms with Crippen molar-refractivity contribution in [3.8, 4) is 5.75 Å². The molecule has 0 spiro atoms. The van der Waals surface area contributed by atoms with Crippen LogP contribution in [0.2, 0.25) is 0 Å². The molecule has 26 heavy (non-hydrogen) atoms. The van der Waals surface area contributed by atoms with E-state index in [9.17, 15) is 4.79 Å². The van der Waals surface area contributed by atoms with Gasteiger partial charge in [-0.05, 0) is 49.2 Å². The van der Waals surface area contributed by atoms with E-state index in [-0.39, 0.29) is 6.42 Å². The minimum atomic E-state index is -0.729. The molecule has 0 amide bonds. The first-order valence-corrected chi connectivity index (χ1v) is 9.06. The summed E-state index contributed by atoms with van der Waals surface area (Å²) in [5.74, 6) is 0.192. The van der Waals surface area contributed by atoms with E-state index in [0.29, 0.717) is 13.0 Å². The number of rotatable bonds is 7. The van der Waals surface area contributed by atoms with Gasteiger partial charge >= 0.3 is 5.97 Å². The average Bonchev–Trinajstić information content (AvgIpc) is 2.79. The predicted octanol–water partition coefficient (Wildman–Crippen LogP) is 4.20. The summed E-state index contributed by atoms with van der Waals surface area (Å²) in [6, 6.07) is 16.6. The van der Waals surface area contributed by atoms with E-state index in [2.05, 4.69) is 35.2 Å². The molecule has 0 aliphatic carbocycles. The number of fused-ring (bicyclic) bond motifs is 2. The lowest BCUT2D eigenvalue weighted by molar-refractivity contribution is -0.137. The van der Waals surface area contributed by atoms with Gasteiger partial charge in [-0.2, -0.15) is 0 Å². The van der Waals surface area contributed by atoms with E-state index < -0.39 is 5.97 Å². The van der Waals surface area contributed by atoms with Crippen molar-refractivity contribution in [3.63, 3.8) is 0 Å². The van der Waals surface area contributed by atoms with Crippen LogP contribution in [0.3, 0.4) is 0 Å². The molecular weight excluding hydrogens is 326 g/mol. The summed E-state index contributed by atoms with van der Waals surface area (Å²) in [6.07, 6.45) is 4.09. The summed E-state index contributed by atoms with van der Waals surface area (Å²) in [7, 11) is 2.04. The van der Waals surface area contributed by atoms with E-state index in [4.69, 9.17) is 9.84 Å². The van der Waals surface area contributed by atoms with E-state index in [1.807, 2.05) is 31.3 Å². The maximum absolute atomic E-state index is 10.6. The van der Waals surface area contributed by atoms with Gasteiger partial charge in [0.1, 0.15) is 12.4 Å². The second kappa shape index (κ2) is 8.68. The molecular formula is C22H25NO3. The summed E-state index contributed by atoms with van der Waals surface area (Å²) < 4.78 is 6.00. The molecule has 0 fully saturated rings. The molecule has 4 heteroatoms. The van der Waals surface area contributed by atoms with E-state index >= 15 is 0 Å². The zero-order valence-electron chi connectivity index (χ0n) is 15.1. The van der Waals surface area contributed by atoms with Crippen molar-refractivity contribution in [2.75, 3.05) is 20.1 Å². The lowest BCUT2D eigenvalue weighted by Gasteiger charge is -2.16. The highest BCUT2D eigenvalue weighted by molar-refractivity contribution is 5.84. The number of hydrogen-bond acceptors (Lipinski definition) is 3. The molecule has 136 valence electrons. The van der Waals surface area contributed by atoms with Crippen LogP contribution in [0.25, 0.3) is 5.57 Å². The van der Waals surface area contributed by atoms with Crippen molar-refractivity contribution in [2.24, 2.45) is 0 Å². The first kappa shape index (κ1) is 18.2.